The Morgan fingerprint density at radius 1 is 0.944 bits per heavy atom. The summed E-state index contributed by atoms with van der Waals surface area (Å²) in [4.78, 5) is 0. The van der Waals surface area contributed by atoms with E-state index in [0.717, 1.165) is 5.92 Å². The van der Waals surface area contributed by atoms with E-state index in [9.17, 15) is 0 Å². The molecule has 0 aromatic heterocycles. The van der Waals surface area contributed by atoms with Crippen LogP contribution < -0.4 is 0 Å². The molecule has 0 aliphatic heterocycles. The molecule has 1 unspecified atom stereocenters. The SMILES string of the molecule is CC.CC.CCC1CCc2ccc(C)cc2CC1. The van der Waals surface area contributed by atoms with E-state index in [-0.39, 0.29) is 0 Å². The highest BCUT2D eigenvalue weighted by molar-refractivity contribution is 5.32. The van der Waals surface area contributed by atoms with Crippen LogP contribution in [0.5, 0.6) is 0 Å². The molecule has 1 atom stereocenters. The molecular weight excluding hydrogens is 216 g/mol. The van der Waals surface area contributed by atoms with Crippen LogP contribution in [0.4, 0.5) is 0 Å². The van der Waals surface area contributed by atoms with E-state index in [4.69, 9.17) is 0 Å². The number of hydrogen-bond donors (Lipinski definition) is 0. The minimum absolute atomic E-state index is 0.961. The first-order valence-corrected chi connectivity index (χ1v) is 7.88. The summed E-state index contributed by atoms with van der Waals surface area (Å²) in [7, 11) is 0. The van der Waals surface area contributed by atoms with Crippen molar-refractivity contribution in [2.24, 2.45) is 5.92 Å². The monoisotopic (exact) mass is 248 g/mol. The normalized spacial score (nSPS) is 17.3. The minimum atomic E-state index is 0.961. The van der Waals surface area contributed by atoms with Gasteiger partial charge in [0, 0.05) is 0 Å². The van der Waals surface area contributed by atoms with Crippen molar-refractivity contribution < 1.29 is 0 Å². The Labute approximate surface area is 115 Å². The standard InChI is InChI=1S/C14H20.2C2H6/c1-3-12-5-8-13-7-4-11(2)10-14(13)9-6-12;2*1-2/h4,7,10,12H,3,5-6,8-9H2,1-2H3;2*1-2H3. The van der Waals surface area contributed by atoms with Crippen LogP contribution in [0.3, 0.4) is 0 Å². The number of fused-ring (bicyclic) bond motifs is 1. The van der Waals surface area contributed by atoms with Gasteiger partial charge in [-0.3, -0.25) is 0 Å². The first-order valence-electron chi connectivity index (χ1n) is 7.88. The molecule has 1 aliphatic carbocycles. The molecule has 0 nitrogen and oxygen atoms in total. The van der Waals surface area contributed by atoms with E-state index in [2.05, 4.69) is 32.0 Å². The molecule has 2 rings (SSSR count). The van der Waals surface area contributed by atoms with Crippen molar-refractivity contribution in [3.05, 3.63) is 34.9 Å². The Morgan fingerprint density at radius 2 is 1.50 bits per heavy atom. The molecule has 0 heterocycles. The first kappa shape index (κ1) is 17.2. The Bertz CT molecular complexity index is 312. The summed E-state index contributed by atoms with van der Waals surface area (Å²) < 4.78 is 0. The van der Waals surface area contributed by atoms with Crippen molar-refractivity contribution in [3.8, 4) is 0 Å². The van der Waals surface area contributed by atoms with Crippen LogP contribution in [0.2, 0.25) is 0 Å². The predicted octanol–water partition coefficient (Wildman–Crippen LogP) is 5.95. The van der Waals surface area contributed by atoms with Gasteiger partial charge in [-0.25, -0.2) is 0 Å². The molecule has 1 aliphatic rings. The van der Waals surface area contributed by atoms with E-state index in [1.807, 2.05) is 27.7 Å². The lowest BCUT2D eigenvalue weighted by molar-refractivity contribution is 0.450. The second-order valence-electron chi connectivity index (χ2n) is 4.62. The quantitative estimate of drug-likeness (QED) is 0.538. The fraction of sp³-hybridized carbons (Fsp3) is 0.667. The maximum atomic E-state index is 2.38. The number of benzene rings is 1. The van der Waals surface area contributed by atoms with Crippen LogP contribution in [0.1, 0.15) is 70.6 Å². The van der Waals surface area contributed by atoms with Gasteiger partial charge >= 0.3 is 0 Å². The summed E-state index contributed by atoms with van der Waals surface area (Å²) in [5.74, 6) is 0.961. The molecule has 0 N–H and O–H groups in total. The van der Waals surface area contributed by atoms with Gasteiger partial charge < -0.3 is 0 Å². The highest BCUT2D eigenvalue weighted by Crippen LogP contribution is 2.26. The van der Waals surface area contributed by atoms with E-state index in [1.54, 1.807) is 11.1 Å². The Kier molecular flexibility index (Phi) is 9.73. The lowest BCUT2D eigenvalue weighted by Crippen LogP contribution is -1.97. The van der Waals surface area contributed by atoms with Gasteiger partial charge in [-0.2, -0.15) is 0 Å². The fourth-order valence-electron chi connectivity index (χ4n) is 2.50. The van der Waals surface area contributed by atoms with Gasteiger partial charge in [0.2, 0.25) is 0 Å². The molecule has 0 fully saturated rings. The highest BCUT2D eigenvalue weighted by Gasteiger charge is 2.14. The predicted molar refractivity (Wildman–Crippen MR) is 84.3 cm³/mol. The average Bonchev–Trinajstić information content (AvgIpc) is 2.65. The average molecular weight is 248 g/mol. The van der Waals surface area contributed by atoms with Gasteiger partial charge in [-0.05, 0) is 49.7 Å². The van der Waals surface area contributed by atoms with E-state index >= 15 is 0 Å². The fourth-order valence-corrected chi connectivity index (χ4v) is 2.50. The maximum Gasteiger partial charge on any atom is -0.0273 e. The van der Waals surface area contributed by atoms with Crippen molar-refractivity contribution >= 4 is 0 Å². The molecule has 0 heteroatoms. The van der Waals surface area contributed by atoms with Crippen LogP contribution in [-0.4, -0.2) is 0 Å². The molecule has 0 spiro atoms. The zero-order valence-corrected chi connectivity index (χ0v) is 13.3. The summed E-state index contributed by atoms with van der Waals surface area (Å²) in [6.07, 6.45) is 6.75. The van der Waals surface area contributed by atoms with Crippen LogP contribution >= 0.6 is 0 Å². The zero-order chi connectivity index (χ0) is 14.0. The summed E-state index contributed by atoms with van der Waals surface area (Å²) in [6, 6.07) is 6.97. The molecule has 0 saturated heterocycles. The Balaban J connectivity index is 0.000000659. The third kappa shape index (κ3) is 5.25. The topological polar surface area (TPSA) is 0 Å². The van der Waals surface area contributed by atoms with Crippen molar-refractivity contribution in [3.63, 3.8) is 0 Å². The zero-order valence-electron chi connectivity index (χ0n) is 13.3. The van der Waals surface area contributed by atoms with Gasteiger partial charge in [-0.1, -0.05) is 64.8 Å². The van der Waals surface area contributed by atoms with Crippen molar-refractivity contribution in [2.75, 3.05) is 0 Å². The van der Waals surface area contributed by atoms with Crippen molar-refractivity contribution in [2.45, 2.75) is 73.6 Å². The lowest BCUT2D eigenvalue weighted by Gasteiger charge is -2.08. The molecule has 18 heavy (non-hydrogen) atoms. The van der Waals surface area contributed by atoms with Crippen LogP contribution in [0.15, 0.2) is 18.2 Å². The second kappa shape index (κ2) is 10.2. The van der Waals surface area contributed by atoms with Crippen molar-refractivity contribution in [1.29, 1.82) is 0 Å². The summed E-state index contributed by atoms with van der Waals surface area (Å²) in [5, 5.41) is 0. The molecule has 0 amide bonds. The minimum Gasteiger partial charge on any atom is -0.0683 e. The van der Waals surface area contributed by atoms with Gasteiger partial charge in [0.05, 0.1) is 0 Å². The molecular formula is C18H32. The van der Waals surface area contributed by atoms with Crippen molar-refractivity contribution in [1.82, 2.24) is 0 Å². The van der Waals surface area contributed by atoms with E-state index in [0.29, 0.717) is 0 Å². The maximum absolute atomic E-state index is 2.38. The van der Waals surface area contributed by atoms with E-state index < -0.39 is 0 Å². The third-order valence-corrected chi connectivity index (χ3v) is 3.58. The first-order chi connectivity index (χ1) is 8.79. The van der Waals surface area contributed by atoms with Crippen LogP contribution in [0, 0.1) is 12.8 Å². The molecule has 1 aromatic carbocycles. The number of aryl methyl sites for hydroxylation is 3. The molecule has 0 saturated carbocycles. The summed E-state index contributed by atoms with van der Waals surface area (Å²) in [6.45, 7) is 12.5. The van der Waals surface area contributed by atoms with Crippen LogP contribution in [-0.2, 0) is 12.8 Å². The highest BCUT2D eigenvalue weighted by atomic mass is 14.2. The lowest BCUT2D eigenvalue weighted by atomic mass is 9.97. The molecule has 104 valence electrons. The number of rotatable bonds is 1. The van der Waals surface area contributed by atoms with E-state index in [1.165, 1.54) is 37.7 Å². The van der Waals surface area contributed by atoms with Gasteiger partial charge in [0.1, 0.15) is 0 Å². The third-order valence-electron chi connectivity index (χ3n) is 3.58. The second-order valence-corrected chi connectivity index (χ2v) is 4.62. The summed E-state index contributed by atoms with van der Waals surface area (Å²) in [5.41, 5.74) is 4.63. The smallest absolute Gasteiger partial charge is 0.0273 e. The molecule has 0 bridgehead atoms. The molecule has 0 radical (unpaired) electrons. The molecule has 1 aromatic rings. The Morgan fingerprint density at radius 3 is 2.06 bits per heavy atom. The largest absolute Gasteiger partial charge is 0.0683 e. The van der Waals surface area contributed by atoms with Crippen LogP contribution in [0.25, 0.3) is 0 Å². The summed E-state index contributed by atoms with van der Waals surface area (Å²) >= 11 is 0. The van der Waals surface area contributed by atoms with Gasteiger partial charge in [0.25, 0.3) is 0 Å². The Hall–Kier alpha value is -0.780. The van der Waals surface area contributed by atoms with Gasteiger partial charge in [-0.15, -0.1) is 0 Å². The number of hydrogen-bond acceptors (Lipinski definition) is 0. The van der Waals surface area contributed by atoms with Gasteiger partial charge in [0.15, 0.2) is 0 Å².